The summed E-state index contributed by atoms with van der Waals surface area (Å²) in [6, 6.07) is 10.9. The van der Waals surface area contributed by atoms with Crippen molar-refractivity contribution in [3.63, 3.8) is 0 Å². The molecular formula is C19H12N2O6S. The lowest BCUT2D eigenvalue weighted by molar-refractivity contribution is -0.127. The van der Waals surface area contributed by atoms with Crippen LogP contribution in [-0.2, 0) is 9.59 Å². The van der Waals surface area contributed by atoms with Crippen molar-refractivity contribution in [2.75, 3.05) is 11.9 Å². The lowest BCUT2D eigenvalue weighted by Crippen LogP contribution is -2.36. The average Bonchev–Trinajstić information content (AvgIpc) is 3.26. The molecule has 1 aliphatic heterocycles. The molecule has 0 radical (unpaired) electrons. The first-order valence-electron chi connectivity index (χ1n) is 8.12. The van der Waals surface area contributed by atoms with E-state index in [2.05, 4.69) is 5.32 Å². The summed E-state index contributed by atoms with van der Waals surface area (Å²) in [6.45, 7) is -0.415. The Morgan fingerprint density at radius 2 is 2.00 bits per heavy atom. The Morgan fingerprint density at radius 1 is 1.14 bits per heavy atom. The van der Waals surface area contributed by atoms with E-state index in [1.165, 1.54) is 18.4 Å². The van der Waals surface area contributed by atoms with E-state index in [0.717, 1.165) is 16.7 Å². The van der Waals surface area contributed by atoms with Gasteiger partial charge in [0.25, 0.3) is 11.1 Å². The van der Waals surface area contributed by atoms with Crippen molar-refractivity contribution in [2.45, 2.75) is 0 Å². The van der Waals surface area contributed by atoms with Crippen LogP contribution in [0.3, 0.4) is 0 Å². The van der Waals surface area contributed by atoms with Gasteiger partial charge in [-0.25, -0.2) is 4.79 Å². The van der Waals surface area contributed by atoms with Crippen LogP contribution in [0.25, 0.3) is 17.0 Å². The second-order valence-corrected chi connectivity index (χ2v) is 6.83. The summed E-state index contributed by atoms with van der Waals surface area (Å²) in [6.07, 6.45) is 2.91. The molecule has 0 atom stereocenters. The van der Waals surface area contributed by atoms with Gasteiger partial charge in [0.1, 0.15) is 17.9 Å². The third kappa shape index (κ3) is 3.60. The van der Waals surface area contributed by atoms with Gasteiger partial charge >= 0.3 is 5.63 Å². The predicted molar refractivity (Wildman–Crippen MR) is 102 cm³/mol. The molecule has 0 spiro atoms. The summed E-state index contributed by atoms with van der Waals surface area (Å²) in [7, 11) is 0. The fourth-order valence-electron chi connectivity index (χ4n) is 2.63. The lowest BCUT2D eigenvalue weighted by atomic mass is 10.2. The zero-order valence-corrected chi connectivity index (χ0v) is 15.0. The summed E-state index contributed by atoms with van der Waals surface area (Å²) in [5.74, 6) is -0.641. The average molecular weight is 396 g/mol. The molecular weight excluding hydrogens is 384 g/mol. The van der Waals surface area contributed by atoms with Crippen molar-refractivity contribution in [1.82, 2.24) is 4.90 Å². The summed E-state index contributed by atoms with van der Waals surface area (Å²) >= 11 is 0.748. The summed E-state index contributed by atoms with van der Waals surface area (Å²) in [5.41, 5.74) is 0.371. The molecule has 3 amide bonds. The van der Waals surface area contributed by atoms with Gasteiger partial charge in [-0.2, -0.15) is 0 Å². The zero-order valence-electron chi connectivity index (χ0n) is 14.2. The molecule has 0 unspecified atom stereocenters. The number of rotatable bonds is 4. The van der Waals surface area contributed by atoms with Crippen molar-refractivity contribution >= 4 is 51.5 Å². The number of fused-ring (bicyclic) bond motifs is 1. The van der Waals surface area contributed by atoms with Crippen molar-refractivity contribution < 1.29 is 23.2 Å². The molecule has 3 aromatic rings. The largest absolute Gasteiger partial charge is 0.465 e. The van der Waals surface area contributed by atoms with E-state index < -0.39 is 29.2 Å². The lowest BCUT2D eigenvalue weighted by Gasteiger charge is -2.12. The zero-order chi connectivity index (χ0) is 19.7. The Balaban J connectivity index is 1.46. The molecule has 2 aromatic heterocycles. The van der Waals surface area contributed by atoms with E-state index in [4.69, 9.17) is 8.83 Å². The van der Waals surface area contributed by atoms with Crippen LogP contribution in [-0.4, -0.2) is 28.5 Å². The normalized spacial score (nSPS) is 15.6. The number of anilines is 1. The highest BCUT2D eigenvalue weighted by Gasteiger charge is 2.36. The molecule has 4 rings (SSSR count). The maximum absolute atomic E-state index is 12.4. The van der Waals surface area contributed by atoms with E-state index >= 15 is 0 Å². The van der Waals surface area contributed by atoms with E-state index in [0.29, 0.717) is 22.4 Å². The second kappa shape index (κ2) is 7.20. The Morgan fingerprint density at radius 3 is 2.79 bits per heavy atom. The molecule has 1 fully saturated rings. The van der Waals surface area contributed by atoms with E-state index in [9.17, 15) is 19.2 Å². The van der Waals surface area contributed by atoms with E-state index in [1.807, 2.05) is 0 Å². The van der Waals surface area contributed by atoms with Gasteiger partial charge in [0.05, 0.1) is 11.2 Å². The molecule has 0 bridgehead atoms. The van der Waals surface area contributed by atoms with Gasteiger partial charge in [-0.05, 0) is 48.2 Å². The number of imide groups is 1. The van der Waals surface area contributed by atoms with Gasteiger partial charge in [-0.1, -0.05) is 0 Å². The van der Waals surface area contributed by atoms with E-state index in [-0.39, 0.29) is 4.91 Å². The fraction of sp³-hybridized carbons (Fsp3) is 0.0526. The predicted octanol–water partition coefficient (Wildman–Crippen LogP) is 3.06. The van der Waals surface area contributed by atoms with Gasteiger partial charge in [-0.3, -0.25) is 19.3 Å². The Labute approximate surface area is 161 Å². The van der Waals surface area contributed by atoms with Gasteiger partial charge in [0.2, 0.25) is 5.91 Å². The highest BCUT2D eigenvalue weighted by atomic mass is 32.2. The molecule has 3 heterocycles. The number of hydrogen-bond donors (Lipinski definition) is 1. The Bertz CT molecular complexity index is 1180. The molecule has 1 aliphatic rings. The molecule has 1 saturated heterocycles. The van der Waals surface area contributed by atoms with Crippen LogP contribution in [0, 0.1) is 0 Å². The van der Waals surface area contributed by atoms with Gasteiger partial charge in [-0.15, -0.1) is 0 Å². The topological polar surface area (TPSA) is 110 Å². The molecule has 28 heavy (non-hydrogen) atoms. The minimum absolute atomic E-state index is 0.188. The van der Waals surface area contributed by atoms with Crippen LogP contribution in [0.4, 0.5) is 10.5 Å². The van der Waals surface area contributed by atoms with E-state index in [1.54, 1.807) is 36.4 Å². The van der Waals surface area contributed by atoms with Crippen LogP contribution in [0.5, 0.6) is 0 Å². The second-order valence-electron chi connectivity index (χ2n) is 5.84. The smallest absolute Gasteiger partial charge is 0.336 e. The molecule has 140 valence electrons. The van der Waals surface area contributed by atoms with Crippen LogP contribution in [0.1, 0.15) is 5.76 Å². The molecule has 0 saturated carbocycles. The molecule has 8 nitrogen and oxygen atoms in total. The number of hydrogen-bond acceptors (Lipinski definition) is 7. The third-order valence-electron chi connectivity index (χ3n) is 3.89. The SMILES string of the molecule is O=C(CN1C(=O)S/C(=C\c2ccco2)C1=O)Nc1ccc2oc(=O)ccc2c1. The van der Waals surface area contributed by atoms with Gasteiger partial charge in [0, 0.05) is 23.2 Å². The number of furan rings is 1. The van der Waals surface area contributed by atoms with Crippen LogP contribution < -0.4 is 10.9 Å². The van der Waals surface area contributed by atoms with Crippen molar-refractivity contribution in [3.8, 4) is 0 Å². The number of carbonyl (C=O) groups is 3. The minimum Gasteiger partial charge on any atom is -0.465 e. The van der Waals surface area contributed by atoms with Crippen LogP contribution in [0.15, 0.2) is 67.3 Å². The van der Waals surface area contributed by atoms with Crippen molar-refractivity contribution in [3.05, 3.63) is 69.8 Å². The molecule has 0 aliphatic carbocycles. The van der Waals surface area contributed by atoms with Crippen LogP contribution in [0.2, 0.25) is 0 Å². The molecule has 1 N–H and O–H groups in total. The van der Waals surface area contributed by atoms with Gasteiger partial charge in [0.15, 0.2) is 0 Å². The molecule has 1 aromatic carbocycles. The number of nitrogens with zero attached hydrogens (tertiary/aromatic N) is 1. The standard InChI is InChI=1S/C19H12N2O6S/c22-16(20-12-4-5-14-11(8-12)3-6-17(23)27-14)10-21-18(24)15(28-19(21)25)9-13-2-1-7-26-13/h1-9H,10H2,(H,20,22)/b15-9-. The number of thioether (sulfide) groups is 1. The number of nitrogens with one attached hydrogen (secondary N) is 1. The van der Waals surface area contributed by atoms with Crippen LogP contribution >= 0.6 is 11.8 Å². The minimum atomic E-state index is -0.554. The highest BCUT2D eigenvalue weighted by Crippen LogP contribution is 2.32. The van der Waals surface area contributed by atoms with Crippen molar-refractivity contribution in [1.29, 1.82) is 0 Å². The first-order valence-corrected chi connectivity index (χ1v) is 8.94. The van der Waals surface area contributed by atoms with Crippen molar-refractivity contribution in [2.24, 2.45) is 0 Å². The maximum atomic E-state index is 12.4. The quantitative estimate of drug-likeness (QED) is 0.533. The Hall–Kier alpha value is -3.59. The summed E-state index contributed by atoms with van der Waals surface area (Å²) < 4.78 is 10.2. The first kappa shape index (κ1) is 17.8. The summed E-state index contributed by atoms with van der Waals surface area (Å²) in [4.78, 5) is 49.0. The monoisotopic (exact) mass is 396 g/mol. The Kier molecular flexibility index (Phi) is 4.58. The number of benzene rings is 1. The third-order valence-corrected chi connectivity index (χ3v) is 4.80. The fourth-order valence-corrected chi connectivity index (χ4v) is 3.45. The van der Waals surface area contributed by atoms with Gasteiger partial charge < -0.3 is 14.2 Å². The maximum Gasteiger partial charge on any atom is 0.336 e. The first-order chi connectivity index (χ1) is 13.5. The number of carbonyl (C=O) groups excluding carboxylic acids is 3. The summed E-state index contributed by atoms with van der Waals surface area (Å²) in [5, 5.41) is 2.73. The molecule has 9 heteroatoms. The highest BCUT2D eigenvalue weighted by molar-refractivity contribution is 8.18. The number of amides is 3.